The highest BCUT2D eigenvalue weighted by atomic mass is 79.9. The molecule has 1 aromatic heterocycles. The molecular weight excluding hydrogens is 270 g/mol. The Morgan fingerprint density at radius 1 is 1.40 bits per heavy atom. The summed E-state index contributed by atoms with van der Waals surface area (Å²) in [6.07, 6.45) is 7.70. The van der Waals surface area contributed by atoms with Crippen LogP contribution < -0.4 is 5.73 Å². The Balaban J connectivity index is 1.96. The van der Waals surface area contributed by atoms with E-state index in [-0.39, 0.29) is 0 Å². The highest BCUT2D eigenvalue weighted by Gasteiger charge is 2.19. The van der Waals surface area contributed by atoms with Gasteiger partial charge in [0.05, 0.1) is 0 Å². The van der Waals surface area contributed by atoms with Crippen LogP contribution in [-0.4, -0.2) is 6.04 Å². The number of nitrogens with two attached hydrogens (primary N) is 1. The van der Waals surface area contributed by atoms with Crippen molar-refractivity contribution in [2.24, 2.45) is 11.7 Å². The van der Waals surface area contributed by atoms with E-state index < -0.39 is 0 Å². The van der Waals surface area contributed by atoms with Crippen LogP contribution in [0, 0.1) is 5.92 Å². The predicted molar refractivity (Wildman–Crippen MR) is 70.3 cm³/mol. The molecule has 0 amide bonds. The predicted octanol–water partition coefficient (Wildman–Crippen LogP) is 3.96. The first-order chi connectivity index (χ1) is 7.25. The largest absolute Gasteiger partial charge is 0.328 e. The van der Waals surface area contributed by atoms with Gasteiger partial charge in [-0.3, -0.25) is 0 Å². The zero-order chi connectivity index (χ0) is 10.7. The lowest BCUT2D eigenvalue weighted by molar-refractivity contribution is 0.433. The van der Waals surface area contributed by atoms with Crippen LogP contribution in [0.3, 0.4) is 0 Å². The van der Waals surface area contributed by atoms with Crippen LogP contribution in [0.5, 0.6) is 0 Å². The number of thiophene rings is 1. The first-order valence-corrected chi connectivity index (χ1v) is 7.40. The molecule has 1 nitrogen and oxygen atoms in total. The van der Waals surface area contributed by atoms with Gasteiger partial charge in [0.1, 0.15) is 0 Å². The molecule has 3 heteroatoms. The fourth-order valence-corrected chi connectivity index (χ4v) is 4.05. The Morgan fingerprint density at radius 2 is 2.20 bits per heavy atom. The van der Waals surface area contributed by atoms with Crippen LogP contribution in [0.2, 0.25) is 0 Å². The Labute approximate surface area is 104 Å². The quantitative estimate of drug-likeness (QED) is 0.819. The fraction of sp³-hybridized carbons (Fsp3) is 0.667. The van der Waals surface area contributed by atoms with Gasteiger partial charge in [0.2, 0.25) is 0 Å². The summed E-state index contributed by atoms with van der Waals surface area (Å²) in [4.78, 5) is 1.49. The number of hydrogen-bond acceptors (Lipinski definition) is 2. The highest BCUT2D eigenvalue weighted by molar-refractivity contribution is 9.10. The molecule has 1 saturated carbocycles. The zero-order valence-electron chi connectivity index (χ0n) is 8.92. The molecule has 2 atom stereocenters. The van der Waals surface area contributed by atoms with Gasteiger partial charge in [-0.1, -0.05) is 19.3 Å². The van der Waals surface area contributed by atoms with Crippen LogP contribution in [-0.2, 0) is 6.42 Å². The minimum absolute atomic E-state index is 0.441. The van der Waals surface area contributed by atoms with Crippen LogP contribution in [0.25, 0.3) is 0 Å². The highest BCUT2D eigenvalue weighted by Crippen LogP contribution is 2.31. The van der Waals surface area contributed by atoms with Crippen LogP contribution in [0.1, 0.15) is 37.0 Å². The van der Waals surface area contributed by atoms with E-state index in [2.05, 4.69) is 27.4 Å². The van der Waals surface area contributed by atoms with Crippen molar-refractivity contribution in [2.75, 3.05) is 0 Å². The van der Waals surface area contributed by atoms with Crippen LogP contribution in [0.15, 0.2) is 15.9 Å². The summed E-state index contributed by atoms with van der Waals surface area (Å²) in [7, 11) is 0. The number of rotatable bonds is 2. The van der Waals surface area contributed by atoms with Gasteiger partial charge < -0.3 is 5.73 Å². The third kappa shape index (κ3) is 3.30. The van der Waals surface area contributed by atoms with Gasteiger partial charge in [-0.05, 0) is 52.6 Å². The Bertz CT molecular complexity index is 310. The van der Waals surface area contributed by atoms with E-state index >= 15 is 0 Å². The summed E-state index contributed by atoms with van der Waals surface area (Å²) < 4.78 is 1.28. The maximum Gasteiger partial charge on any atom is 0.0314 e. The van der Waals surface area contributed by atoms with E-state index in [1.807, 2.05) is 11.3 Å². The molecule has 0 aromatic carbocycles. The molecule has 0 aliphatic heterocycles. The summed E-state index contributed by atoms with van der Waals surface area (Å²) in [5.74, 6) is 0.803. The van der Waals surface area contributed by atoms with Crippen molar-refractivity contribution < 1.29 is 0 Å². The molecule has 2 N–H and O–H groups in total. The monoisotopic (exact) mass is 287 g/mol. The van der Waals surface area contributed by atoms with Crippen molar-refractivity contribution in [3.63, 3.8) is 0 Å². The summed E-state index contributed by atoms with van der Waals surface area (Å²) in [5.41, 5.74) is 6.08. The van der Waals surface area contributed by atoms with Crippen molar-refractivity contribution in [3.8, 4) is 0 Å². The Hall–Kier alpha value is 0.140. The van der Waals surface area contributed by atoms with Crippen molar-refractivity contribution in [1.82, 2.24) is 0 Å². The van der Waals surface area contributed by atoms with Gasteiger partial charge in [-0.15, -0.1) is 11.3 Å². The topological polar surface area (TPSA) is 26.0 Å². The molecule has 0 spiro atoms. The average molecular weight is 288 g/mol. The minimum Gasteiger partial charge on any atom is -0.328 e. The first-order valence-electron chi connectivity index (χ1n) is 5.73. The molecule has 1 fully saturated rings. The van der Waals surface area contributed by atoms with Gasteiger partial charge in [0.15, 0.2) is 0 Å². The van der Waals surface area contributed by atoms with E-state index in [1.54, 1.807) is 0 Å². The standard InChI is InChI=1S/C12H18BrNS/c13-11-5-6-15-12(11)8-9-3-1-2-4-10(14)7-9/h5-6,9-10H,1-4,7-8,14H2. The lowest BCUT2D eigenvalue weighted by atomic mass is 9.94. The second-order valence-electron chi connectivity index (χ2n) is 4.54. The first kappa shape index (κ1) is 11.6. The van der Waals surface area contributed by atoms with Crippen molar-refractivity contribution in [1.29, 1.82) is 0 Å². The van der Waals surface area contributed by atoms with Gasteiger partial charge in [-0.2, -0.15) is 0 Å². The van der Waals surface area contributed by atoms with Crippen molar-refractivity contribution in [3.05, 3.63) is 20.8 Å². The molecule has 15 heavy (non-hydrogen) atoms. The molecule has 1 aliphatic rings. The van der Waals surface area contributed by atoms with E-state index in [0.29, 0.717) is 6.04 Å². The molecule has 1 aliphatic carbocycles. The van der Waals surface area contributed by atoms with E-state index in [9.17, 15) is 0 Å². The fourth-order valence-electron chi connectivity index (χ4n) is 2.42. The molecule has 1 heterocycles. The van der Waals surface area contributed by atoms with Gasteiger partial charge in [0.25, 0.3) is 0 Å². The van der Waals surface area contributed by atoms with Crippen molar-refractivity contribution in [2.45, 2.75) is 44.6 Å². The van der Waals surface area contributed by atoms with Gasteiger partial charge >= 0.3 is 0 Å². The molecule has 0 bridgehead atoms. The average Bonchev–Trinajstić information content (AvgIpc) is 2.48. The third-order valence-electron chi connectivity index (χ3n) is 3.24. The summed E-state index contributed by atoms with van der Waals surface area (Å²) in [6, 6.07) is 2.59. The molecule has 84 valence electrons. The second kappa shape index (κ2) is 5.46. The Kier molecular flexibility index (Phi) is 4.23. The molecule has 2 unspecified atom stereocenters. The normalized spacial score (nSPS) is 27.6. The van der Waals surface area contributed by atoms with Crippen LogP contribution in [0.4, 0.5) is 0 Å². The summed E-state index contributed by atoms with van der Waals surface area (Å²) in [5, 5.41) is 2.16. The third-order valence-corrected chi connectivity index (χ3v) is 5.19. The van der Waals surface area contributed by atoms with Crippen LogP contribution >= 0.6 is 27.3 Å². The zero-order valence-corrected chi connectivity index (χ0v) is 11.3. The smallest absolute Gasteiger partial charge is 0.0314 e. The van der Waals surface area contributed by atoms with E-state index in [4.69, 9.17) is 5.73 Å². The second-order valence-corrected chi connectivity index (χ2v) is 6.40. The summed E-state index contributed by atoms with van der Waals surface area (Å²) in [6.45, 7) is 0. The SMILES string of the molecule is NC1CCCCC(Cc2sccc2Br)C1. The molecule has 0 radical (unpaired) electrons. The number of hydrogen-bond donors (Lipinski definition) is 1. The van der Waals surface area contributed by atoms with Gasteiger partial charge in [0, 0.05) is 15.4 Å². The van der Waals surface area contributed by atoms with E-state index in [1.165, 1.54) is 47.9 Å². The van der Waals surface area contributed by atoms with E-state index in [0.717, 1.165) is 5.92 Å². The van der Waals surface area contributed by atoms with Gasteiger partial charge in [-0.25, -0.2) is 0 Å². The van der Waals surface area contributed by atoms with Crippen molar-refractivity contribution >= 4 is 27.3 Å². The Morgan fingerprint density at radius 3 is 2.93 bits per heavy atom. The molecular formula is C12H18BrNS. The summed E-state index contributed by atoms with van der Waals surface area (Å²) >= 11 is 5.47. The lowest BCUT2D eigenvalue weighted by Crippen LogP contribution is -2.22. The molecule has 2 rings (SSSR count). The number of halogens is 1. The maximum absolute atomic E-state index is 6.08. The lowest BCUT2D eigenvalue weighted by Gasteiger charge is -2.16. The minimum atomic E-state index is 0.441. The molecule has 1 aromatic rings. The molecule has 0 saturated heterocycles. The maximum atomic E-state index is 6.08.